The molecule has 0 atom stereocenters. The Labute approximate surface area is 87.5 Å². The van der Waals surface area contributed by atoms with E-state index in [1.165, 1.54) is 12.8 Å². The van der Waals surface area contributed by atoms with Crippen LogP contribution in [0.25, 0.3) is 0 Å². The second-order valence-corrected chi connectivity index (χ2v) is 4.34. The van der Waals surface area contributed by atoms with E-state index in [-0.39, 0.29) is 17.7 Å². The van der Waals surface area contributed by atoms with Crippen molar-refractivity contribution in [1.82, 2.24) is 10.2 Å². The van der Waals surface area contributed by atoms with Gasteiger partial charge in [-0.05, 0) is 12.8 Å². The van der Waals surface area contributed by atoms with E-state index in [1.54, 1.807) is 0 Å². The second kappa shape index (κ2) is 3.64. The van der Waals surface area contributed by atoms with Crippen LogP contribution >= 0.6 is 0 Å². The van der Waals surface area contributed by atoms with Gasteiger partial charge in [0.1, 0.15) is 6.42 Å². The molecule has 2 rings (SSSR count). The Morgan fingerprint density at radius 1 is 1.47 bits per heavy atom. The summed E-state index contributed by atoms with van der Waals surface area (Å²) in [6.07, 6.45) is 4.24. The highest BCUT2D eigenvalue weighted by molar-refractivity contribution is 5.68. The zero-order valence-corrected chi connectivity index (χ0v) is 8.69. The van der Waals surface area contributed by atoms with Crippen LogP contribution in [0, 0.1) is 0 Å². The minimum Gasteiger partial charge on any atom is -0.481 e. The molecular weight excluding hydrogens is 196 g/mol. The highest BCUT2D eigenvalue weighted by atomic mass is 16.4. The minimum absolute atomic E-state index is 0.0379. The van der Waals surface area contributed by atoms with Crippen molar-refractivity contribution in [3.63, 3.8) is 0 Å². The summed E-state index contributed by atoms with van der Waals surface area (Å²) in [5.74, 6) is -0.149. The number of hydrogen-bond acceptors (Lipinski definition) is 4. The van der Waals surface area contributed by atoms with Crippen molar-refractivity contribution >= 4 is 5.97 Å². The molecule has 0 bridgehead atoms. The first kappa shape index (κ1) is 10.1. The van der Waals surface area contributed by atoms with Crippen molar-refractivity contribution in [3.05, 3.63) is 11.8 Å². The predicted molar refractivity (Wildman–Crippen MR) is 51.5 cm³/mol. The zero-order valence-electron chi connectivity index (χ0n) is 8.69. The van der Waals surface area contributed by atoms with Gasteiger partial charge in [0.2, 0.25) is 11.8 Å². The molecular formula is C10H14N2O3. The highest BCUT2D eigenvalue weighted by Crippen LogP contribution is 2.39. The predicted octanol–water partition coefficient (Wildman–Crippen LogP) is 1.53. The van der Waals surface area contributed by atoms with Gasteiger partial charge in [-0.1, -0.05) is 19.8 Å². The molecule has 1 N–H and O–H groups in total. The van der Waals surface area contributed by atoms with Crippen LogP contribution in [0.3, 0.4) is 0 Å². The molecule has 5 heteroatoms. The Morgan fingerprint density at radius 3 is 2.73 bits per heavy atom. The van der Waals surface area contributed by atoms with Gasteiger partial charge < -0.3 is 9.52 Å². The Morgan fingerprint density at radius 2 is 2.13 bits per heavy atom. The molecule has 0 aliphatic heterocycles. The van der Waals surface area contributed by atoms with Crippen molar-refractivity contribution in [3.8, 4) is 0 Å². The Kier molecular flexibility index (Phi) is 2.46. The summed E-state index contributed by atoms with van der Waals surface area (Å²) >= 11 is 0. The summed E-state index contributed by atoms with van der Waals surface area (Å²) in [6.45, 7) is 2.10. The van der Waals surface area contributed by atoms with E-state index in [1.807, 2.05) is 0 Å². The van der Waals surface area contributed by atoms with Gasteiger partial charge in [-0.2, -0.15) is 0 Å². The highest BCUT2D eigenvalue weighted by Gasteiger charge is 2.35. The van der Waals surface area contributed by atoms with Crippen molar-refractivity contribution in [2.24, 2.45) is 0 Å². The van der Waals surface area contributed by atoms with Crippen molar-refractivity contribution in [2.75, 3.05) is 0 Å². The third kappa shape index (κ3) is 2.00. The number of carboxylic acids is 1. The Balaban J connectivity index is 2.15. The fourth-order valence-corrected chi connectivity index (χ4v) is 2.07. The molecule has 0 saturated heterocycles. The van der Waals surface area contributed by atoms with Gasteiger partial charge >= 0.3 is 5.97 Å². The molecule has 15 heavy (non-hydrogen) atoms. The molecule has 1 fully saturated rings. The summed E-state index contributed by atoms with van der Waals surface area (Å²) in [5.41, 5.74) is -0.0379. The number of aromatic nitrogens is 2. The standard InChI is InChI=1S/C10H14N2O3/c1-10(4-2-3-5-10)9-12-11-7(15-9)6-8(13)14/h2-6H2,1H3,(H,13,14). The van der Waals surface area contributed by atoms with E-state index in [9.17, 15) is 4.79 Å². The lowest BCUT2D eigenvalue weighted by molar-refractivity contribution is -0.136. The molecule has 1 aliphatic rings. The summed E-state index contributed by atoms with van der Waals surface area (Å²) in [4.78, 5) is 10.5. The summed E-state index contributed by atoms with van der Waals surface area (Å²) < 4.78 is 5.38. The number of nitrogens with zero attached hydrogens (tertiary/aromatic N) is 2. The van der Waals surface area contributed by atoms with Crippen LogP contribution in [0.1, 0.15) is 44.4 Å². The van der Waals surface area contributed by atoms with Crippen LogP contribution in [0.2, 0.25) is 0 Å². The fraction of sp³-hybridized carbons (Fsp3) is 0.700. The van der Waals surface area contributed by atoms with Crippen LogP contribution in [0.4, 0.5) is 0 Å². The van der Waals surface area contributed by atoms with E-state index in [0.717, 1.165) is 12.8 Å². The molecule has 0 radical (unpaired) electrons. The van der Waals surface area contributed by atoms with Crippen molar-refractivity contribution in [1.29, 1.82) is 0 Å². The maximum Gasteiger partial charge on any atom is 0.312 e. The van der Waals surface area contributed by atoms with E-state index in [2.05, 4.69) is 17.1 Å². The third-order valence-electron chi connectivity index (χ3n) is 2.99. The molecule has 1 aliphatic carbocycles. The topological polar surface area (TPSA) is 76.2 Å². The quantitative estimate of drug-likeness (QED) is 0.818. The SMILES string of the molecule is CC1(c2nnc(CC(=O)O)o2)CCCC1. The number of hydrogen-bond donors (Lipinski definition) is 1. The molecule has 0 spiro atoms. The maximum atomic E-state index is 10.5. The molecule has 1 aromatic heterocycles. The van der Waals surface area contributed by atoms with Gasteiger partial charge in [0, 0.05) is 5.41 Å². The normalized spacial score (nSPS) is 19.3. The Bertz CT molecular complexity index is 366. The van der Waals surface area contributed by atoms with E-state index in [0.29, 0.717) is 5.89 Å². The van der Waals surface area contributed by atoms with Gasteiger partial charge in [0.05, 0.1) is 0 Å². The average Bonchev–Trinajstić information content (AvgIpc) is 2.74. The van der Waals surface area contributed by atoms with E-state index in [4.69, 9.17) is 9.52 Å². The molecule has 0 aromatic carbocycles. The van der Waals surface area contributed by atoms with Gasteiger partial charge in [0.25, 0.3) is 0 Å². The minimum atomic E-state index is -0.943. The van der Waals surface area contributed by atoms with Crippen LogP contribution in [0.15, 0.2) is 4.42 Å². The second-order valence-electron chi connectivity index (χ2n) is 4.34. The number of aliphatic carboxylic acids is 1. The summed E-state index contributed by atoms with van der Waals surface area (Å²) in [5, 5.41) is 16.3. The molecule has 1 aromatic rings. The van der Waals surface area contributed by atoms with Gasteiger partial charge in [0.15, 0.2) is 0 Å². The first-order valence-corrected chi connectivity index (χ1v) is 5.15. The summed E-state index contributed by atoms with van der Waals surface area (Å²) in [6, 6.07) is 0. The lowest BCUT2D eigenvalue weighted by Crippen LogP contribution is -2.17. The third-order valence-corrected chi connectivity index (χ3v) is 2.99. The van der Waals surface area contributed by atoms with Gasteiger partial charge in [-0.3, -0.25) is 4.79 Å². The largest absolute Gasteiger partial charge is 0.481 e. The Hall–Kier alpha value is -1.39. The lowest BCUT2D eigenvalue weighted by atomic mass is 9.89. The van der Waals surface area contributed by atoms with E-state index < -0.39 is 5.97 Å². The smallest absolute Gasteiger partial charge is 0.312 e. The van der Waals surface area contributed by atoms with Crippen LogP contribution in [0.5, 0.6) is 0 Å². The van der Waals surface area contributed by atoms with Gasteiger partial charge in [-0.15, -0.1) is 10.2 Å². The zero-order chi connectivity index (χ0) is 10.9. The van der Waals surface area contributed by atoms with Crippen LogP contribution in [-0.4, -0.2) is 21.3 Å². The molecule has 1 saturated carbocycles. The molecule has 82 valence electrons. The first-order valence-electron chi connectivity index (χ1n) is 5.15. The fourth-order valence-electron chi connectivity index (χ4n) is 2.07. The monoisotopic (exact) mass is 210 g/mol. The maximum absolute atomic E-state index is 10.5. The van der Waals surface area contributed by atoms with Gasteiger partial charge in [-0.25, -0.2) is 0 Å². The number of rotatable bonds is 3. The van der Waals surface area contributed by atoms with Crippen LogP contribution in [-0.2, 0) is 16.6 Å². The molecule has 1 heterocycles. The molecule has 5 nitrogen and oxygen atoms in total. The van der Waals surface area contributed by atoms with E-state index >= 15 is 0 Å². The number of carbonyl (C=O) groups is 1. The molecule has 0 amide bonds. The number of carboxylic acid groups (broad SMARTS) is 1. The van der Waals surface area contributed by atoms with Crippen molar-refractivity contribution < 1.29 is 14.3 Å². The molecule has 0 unspecified atom stereocenters. The first-order chi connectivity index (χ1) is 7.10. The average molecular weight is 210 g/mol. The van der Waals surface area contributed by atoms with Crippen molar-refractivity contribution in [2.45, 2.75) is 44.4 Å². The lowest BCUT2D eigenvalue weighted by Gasteiger charge is -2.17. The van der Waals surface area contributed by atoms with Crippen LogP contribution < -0.4 is 0 Å². The summed E-state index contributed by atoms with van der Waals surface area (Å²) in [7, 11) is 0.